The zero-order valence-corrected chi connectivity index (χ0v) is 14.0. The standard InChI is InChI=1S/C19H19N3O3/c1-2-11-9-21-18(24)16-7-12-5-6-20-19(15(12)8-14(11)16)25-10-13-3-4-17(23)22-13/h5-9,13H,2-4,10H2,1H3,(H,21,24)(H,22,23). The van der Waals surface area contributed by atoms with Crippen molar-refractivity contribution in [3.63, 3.8) is 0 Å². The topological polar surface area (TPSA) is 84.1 Å². The molecule has 1 aromatic carbocycles. The van der Waals surface area contributed by atoms with E-state index in [4.69, 9.17) is 4.74 Å². The van der Waals surface area contributed by atoms with Gasteiger partial charge in [0.05, 0.1) is 6.04 Å². The molecular formula is C19H19N3O3. The number of aromatic amines is 1. The first kappa shape index (κ1) is 15.6. The van der Waals surface area contributed by atoms with Gasteiger partial charge in [0, 0.05) is 29.6 Å². The molecule has 1 aliphatic heterocycles. The molecule has 4 rings (SSSR count). The van der Waals surface area contributed by atoms with Crippen molar-refractivity contribution >= 4 is 27.5 Å². The van der Waals surface area contributed by atoms with E-state index in [0.29, 0.717) is 24.3 Å². The monoisotopic (exact) mass is 337 g/mol. The average Bonchev–Trinajstić information content (AvgIpc) is 3.04. The molecule has 3 heterocycles. The Balaban J connectivity index is 1.77. The number of aryl methyl sites for hydroxylation is 1. The lowest BCUT2D eigenvalue weighted by Crippen LogP contribution is -2.31. The first-order valence-corrected chi connectivity index (χ1v) is 8.51. The molecule has 1 unspecified atom stereocenters. The highest BCUT2D eigenvalue weighted by Gasteiger charge is 2.21. The number of amides is 1. The van der Waals surface area contributed by atoms with Gasteiger partial charge in [-0.25, -0.2) is 4.98 Å². The highest BCUT2D eigenvalue weighted by Crippen LogP contribution is 2.29. The van der Waals surface area contributed by atoms with Gasteiger partial charge in [-0.15, -0.1) is 0 Å². The number of aromatic nitrogens is 2. The fourth-order valence-corrected chi connectivity index (χ4v) is 3.35. The van der Waals surface area contributed by atoms with E-state index in [0.717, 1.165) is 34.6 Å². The summed E-state index contributed by atoms with van der Waals surface area (Å²) in [5.74, 6) is 0.597. The van der Waals surface area contributed by atoms with Crippen LogP contribution in [0.4, 0.5) is 0 Å². The molecule has 0 spiro atoms. The van der Waals surface area contributed by atoms with Crippen LogP contribution in [-0.4, -0.2) is 28.5 Å². The number of nitrogens with zero attached hydrogens (tertiary/aromatic N) is 1. The lowest BCUT2D eigenvalue weighted by atomic mass is 10.0. The molecule has 1 saturated heterocycles. The number of H-pyrrole nitrogens is 1. The molecular weight excluding hydrogens is 318 g/mol. The van der Waals surface area contributed by atoms with E-state index in [2.05, 4.69) is 22.2 Å². The predicted octanol–water partition coefficient (Wildman–Crippen LogP) is 2.30. The van der Waals surface area contributed by atoms with Crippen LogP contribution in [0, 0.1) is 0 Å². The molecule has 0 bridgehead atoms. The molecule has 1 aliphatic rings. The summed E-state index contributed by atoms with van der Waals surface area (Å²) in [5.41, 5.74) is 0.983. The van der Waals surface area contributed by atoms with E-state index >= 15 is 0 Å². The van der Waals surface area contributed by atoms with E-state index in [-0.39, 0.29) is 17.5 Å². The second-order valence-corrected chi connectivity index (χ2v) is 6.35. The van der Waals surface area contributed by atoms with Gasteiger partial charge >= 0.3 is 0 Å². The maximum atomic E-state index is 12.2. The van der Waals surface area contributed by atoms with E-state index in [1.54, 1.807) is 12.4 Å². The summed E-state index contributed by atoms with van der Waals surface area (Å²) < 4.78 is 5.89. The van der Waals surface area contributed by atoms with Crippen LogP contribution >= 0.6 is 0 Å². The van der Waals surface area contributed by atoms with Crippen LogP contribution in [-0.2, 0) is 11.2 Å². The van der Waals surface area contributed by atoms with Crippen LogP contribution in [0.15, 0.2) is 35.4 Å². The van der Waals surface area contributed by atoms with E-state index in [9.17, 15) is 9.59 Å². The first-order valence-electron chi connectivity index (χ1n) is 8.51. The van der Waals surface area contributed by atoms with Crippen molar-refractivity contribution in [2.24, 2.45) is 0 Å². The Morgan fingerprint density at radius 1 is 1.24 bits per heavy atom. The van der Waals surface area contributed by atoms with Gasteiger partial charge in [-0.1, -0.05) is 6.92 Å². The number of rotatable bonds is 4. The van der Waals surface area contributed by atoms with Crippen LogP contribution in [0.1, 0.15) is 25.3 Å². The van der Waals surface area contributed by atoms with Gasteiger partial charge in [0.1, 0.15) is 6.61 Å². The quantitative estimate of drug-likeness (QED) is 0.716. The average molecular weight is 337 g/mol. The number of nitrogens with one attached hydrogen (secondary N) is 2. The van der Waals surface area contributed by atoms with Crippen molar-refractivity contribution < 1.29 is 9.53 Å². The smallest absolute Gasteiger partial charge is 0.255 e. The molecule has 1 fully saturated rings. The van der Waals surface area contributed by atoms with Gasteiger partial charge < -0.3 is 15.0 Å². The predicted molar refractivity (Wildman–Crippen MR) is 95.9 cm³/mol. The summed E-state index contributed by atoms with van der Waals surface area (Å²) >= 11 is 0. The minimum absolute atomic E-state index is 0.0269. The molecule has 0 radical (unpaired) electrons. The Morgan fingerprint density at radius 3 is 2.88 bits per heavy atom. The third-order valence-corrected chi connectivity index (χ3v) is 4.72. The lowest BCUT2D eigenvalue weighted by molar-refractivity contribution is -0.119. The van der Waals surface area contributed by atoms with Crippen LogP contribution in [0.2, 0.25) is 0 Å². The maximum Gasteiger partial charge on any atom is 0.255 e. The number of pyridine rings is 2. The summed E-state index contributed by atoms with van der Waals surface area (Å²) in [4.78, 5) is 30.6. The number of carbonyl (C=O) groups is 1. The molecule has 2 N–H and O–H groups in total. The van der Waals surface area contributed by atoms with Gasteiger partial charge in [0.2, 0.25) is 11.8 Å². The molecule has 0 saturated carbocycles. The summed E-state index contributed by atoms with van der Waals surface area (Å²) in [6.45, 7) is 2.45. The second-order valence-electron chi connectivity index (χ2n) is 6.35. The first-order chi connectivity index (χ1) is 12.2. The summed E-state index contributed by atoms with van der Waals surface area (Å²) in [7, 11) is 0. The molecule has 0 aliphatic carbocycles. The third kappa shape index (κ3) is 2.84. The molecule has 3 aromatic rings. The largest absolute Gasteiger partial charge is 0.475 e. The number of hydrogen-bond donors (Lipinski definition) is 2. The summed E-state index contributed by atoms with van der Waals surface area (Å²) in [6, 6.07) is 5.76. The summed E-state index contributed by atoms with van der Waals surface area (Å²) in [6.07, 6.45) is 5.59. The lowest BCUT2D eigenvalue weighted by Gasteiger charge is -2.13. The van der Waals surface area contributed by atoms with Crippen molar-refractivity contribution in [1.82, 2.24) is 15.3 Å². The number of ether oxygens (including phenoxy) is 1. The van der Waals surface area contributed by atoms with Crippen LogP contribution in [0.25, 0.3) is 21.5 Å². The van der Waals surface area contributed by atoms with Crippen molar-refractivity contribution in [1.29, 1.82) is 0 Å². The Kier molecular flexibility index (Phi) is 3.87. The highest BCUT2D eigenvalue weighted by atomic mass is 16.5. The molecule has 2 aromatic heterocycles. The third-order valence-electron chi connectivity index (χ3n) is 4.72. The van der Waals surface area contributed by atoms with Gasteiger partial charge in [-0.05, 0) is 47.4 Å². The van der Waals surface area contributed by atoms with Gasteiger partial charge in [0.25, 0.3) is 5.56 Å². The molecule has 128 valence electrons. The van der Waals surface area contributed by atoms with E-state index in [1.165, 1.54) is 0 Å². The maximum absolute atomic E-state index is 12.2. The molecule has 6 nitrogen and oxygen atoms in total. The van der Waals surface area contributed by atoms with Crippen LogP contribution in [0.5, 0.6) is 5.88 Å². The minimum Gasteiger partial charge on any atom is -0.475 e. The Bertz CT molecular complexity index is 1030. The number of hydrogen-bond acceptors (Lipinski definition) is 4. The minimum atomic E-state index is -0.0953. The van der Waals surface area contributed by atoms with E-state index in [1.807, 2.05) is 18.2 Å². The zero-order chi connectivity index (χ0) is 17.4. The van der Waals surface area contributed by atoms with Gasteiger partial charge in [-0.3, -0.25) is 9.59 Å². The SMILES string of the molecule is CCc1c[nH]c(=O)c2cc3ccnc(OCC4CCC(=O)N4)c3cc12. The Hall–Kier alpha value is -2.89. The van der Waals surface area contributed by atoms with Gasteiger partial charge in [0.15, 0.2) is 0 Å². The Labute approximate surface area is 144 Å². The van der Waals surface area contributed by atoms with Crippen molar-refractivity contribution in [2.45, 2.75) is 32.2 Å². The van der Waals surface area contributed by atoms with Crippen LogP contribution in [0.3, 0.4) is 0 Å². The molecule has 25 heavy (non-hydrogen) atoms. The molecule has 1 atom stereocenters. The number of carbonyl (C=O) groups excluding carboxylic acids is 1. The number of fused-ring (bicyclic) bond motifs is 2. The van der Waals surface area contributed by atoms with Crippen LogP contribution < -0.4 is 15.6 Å². The number of benzene rings is 1. The van der Waals surface area contributed by atoms with Crippen molar-refractivity contribution in [3.05, 3.63) is 46.5 Å². The normalized spacial score (nSPS) is 17.2. The second kappa shape index (κ2) is 6.20. The summed E-state index contributed by atoms with van der Waals surface area (Å²) in [5, 5.41) is 6.27. The van der Waals surface area contributed by atoms with Crippen molar-refractivity contribution in [2.75, 3.05) is 6.61 Å². The van der Waals surface area contributed by atoms with Gasteiger partial charge in [-0.2, -0.15) is 0 Å². The van der Waals surface area contributed by atoms with E-state index < -0.39 is 0 Å². The highest BCUT2D eigenvalue weighted by molar-refractivity contribution is 6.01. The fourth-order valence-electron chi connectivity index (χ4n) is 3.35. The Morgan fingerprint density at radius 2 is 2.12 bits per heavy atom. The molecule has 6 heteroatoms. The fraction of sp³-hybridized carbons (Fsp3) is 0.316. The van der Waals surface area contributed by atoms with Crippen molar-refractivity contribution in [3.8, 4) is 5.88 Å². The molecule has 1 amide bonds. The zero-order valence-electron chi connectivity index (χ0n) is 14.0.